The van der Waals surface area contributed by atoms with Crippen LogP contribution in [0.25, 0.3) is 11.7 Å². The van der Waals surface area contributed by atoms with Crippen molar-refractivity contribution in [3.8, 4) is 17.7 Å². The molecule has 10 heteroatoms. The molecule has 1 N–H and O–H groups in total. The number of rotatable bonds is 7. The van der Waals surface area contributed by atoms with Gasteiger partial charge in [0.1, 0.15) is 6.07 Å². The number of nitrogens with one attached hydrogen (secondary N) is 1. The molecule has 3 aromatic rings. The van der Waals surface area contributed by atoms with Gasteiger partial charge in [0, 0.05) is 23.9 Å². The van der Waals surface area contributed by atoms with Crippen molar-refractivity contribution in [2.45, 2.75) is 25.3 Å². The molecule has 1 atom stereocenters. The number of amides is 1. The molecule has 0 spiro atoms. The molecule has 4 heterocycles. The summed E-state index contributed by atoms with van der Waals surface area (Å²) in [6.45, 7) is 1.08. The Balaban J connectivity index is 1.39. The Morgan fingerprint density at radius 3 is 2.81 bits per heavy atom. The second-order valence-electron chi connectivity index (χ2n) is 7.38. The first-order chi connectivity index (χ1) is 15.6. The number of carbonyl (C=O) groups is 2. The van der Waals surface area contributed by atoms with Crippen LogP contribution < -0.4 is 10.2 Å². The molecule has 1 unspecified atom stereocenters. The highest BCUT2D eigenvalue weighted by atomic mass is 32.1. The van der Waals surface area contributed by atoms with Crippen LogP contribution in [-0.2, 0) is 14.3 Å². The van der Waals surface area contributed by atoms with Gasteiger partial charge in [-0.05, 0) is 36.4 Å². The first-order valence-electron chi connectivity index (χ1n) is 10.2. The lowest BCUT2D eigenvalue weighted by Gasteiger charge is -2.31. The first kappa shape index (κ1) is 21.6. The largest absolute Gasteiger partial charge is 0.469 e. The van der Waals surface area contributed by atoms with E-state index in [1.54, 1.807) is 12.1 Å². The van der Waals surface area contributed by atoms with Crippen LogP contribution >= 0.6 is 11.3 Å². The maximum atomic E-state index is 12.9. The number of oxazole rings is 1. The summed E-state index contributed by atoms with van der Waals surface area (Å²) in [4.78, 5) is 31.8. The fraction of sp³-hybridized carbons (Fsp3) is 0.364. The zero-order valence-corrected chi connectivity index (χ0v) is 18.3. The predicted molar refractivity (Wildman–Crippen MR) is 116 cm³/mol. The van der Waals surface area contributed by atoms with E-state index in [0.717, 1.165) is 4.88 Å². The number of nitrogens with zero attached hydrogens (tertiary/aromatic N) is 3. The smallest absolute Gasteiger partial charge is 0.307 e. The van der Waals surface area contributed by atoms with Crippen molar-refractivity contribution in [2.75, 3.05) is 25.1 Å². The van der Waals surface area contributed by atoms with Crippen LogP contribution in [0.15, 0.2) is 44.7 Å². The Morgan fingerprint density at radius 1 is 1.38 bits per heavy atom. The van der Waals surface area contributed by atoms with E-state index in [1.165, 1.54) is 24.7 Å². The van der Waals surface area contributed by atoms with Gasteiger partial charge in [-0.3, -0.25) is 9.59 Å². The van der Waals surface area contributed by atoms with Gasteiger partial charge in [-0.2, -0.15) is 10.2 Å². The summed E-state index contributed by atoms with van der Waals surface area (Å²) >= 11 is 1.49. The molecular weight excluding hydrogens is 432 g/mol. The van der Waals surface area contributed by atoms with E-state index in [4.69, 9.17) is 13.6 Å². The Labute approximate surface area is 188 Å². The van der Waals surface area contributed by atoms with Crippen LogP contribution in [0.1, 0.15) is 35.9 Å². The van der Waals surface area contributed by atoms with E-state index in [0.29, 0.717) is 37.6 Å². The van der Waals surface area contributed by atoms with Gasteiger partial charge in [-0.25, -0.2) is 0 Å². The van der Waals surface area contributed by atoms with Gasteiger partial charge in [-0.15, -0.1) is 11.3 Å². The third kappa shape index (κ3) is 4.68. The van der Waals surface area contributed by atoms with Crippen LogP contribution in [0.2, 0.25) is 0 Å². The average Bonchev–Trinajstić information content (AvgIpc) is 3.59. The maximum absolute atomic E-state index is 12.9. The summed E-state index contributed by atoms with van der Waals surface area (Å²) < 4.78 is 15.9. The van der Waals surface area contributed by atoms with Crippen molar-refractivity contribution in [3.63, 3.8) is 0 Å². The van der Waals surface area contributed by atoms with Crippen molar-refractivity contribution in [1.82, 2.24) is 10.3 Å². The number of anilines is 1. The summed E-state index contributed by atoms with van der Waals surface area (Å²) in [7, 11) is 1.33. The molecule has 1 saturated heterocycles. The van der Waals surface area contributed by atoms with Gasteiger partial charge < -0.3 is 23.8 Å². The first-order valence-corrected chi connectivity index (χ1v) is 11.1. The fourth-order valence-electron chi connectivity index (χ4n) is 3.70. The molecule has 4 rings (SSSR count). The normalized spacial score (nSPS) is 15.2. The third-order valence-corrected chi connectivity index (χ3v) is 6.39. The summed E-state index contributed by atoms with van der Waals surface area (Å²) in [5, 5.41) is 14.4. The molecule has 0 aromatic carbocycles. The Morgan fingerprint density at radius 2 is 2.19 bits per heavy atom. The molecule has 0 saturated carbocycles. The molecule has 1 aliphatic heterocycles. The van der Waals surface area contributed by atoms with Crippen LogP contribution in [0.5, 0.6) is 0 Å². The van der Waals surface area contributed by atoms with Crippen LogP contribution in [0, 0.1) is 17.2 Å². The van der Waals surface area contributed by atoms with Gasteiger partial charge in [0.2, 0.25) is 17.5 Å². The zero-order valence-electron chi connectivity index (χ0n) is 17.4. The zero-order chi connectivity index (χ0) is 22.5. The fourth-order valence-corrected chi connectivity index (χ4v) is 4.48. The number of carbonyl (C=O) groups excluding carboxylic acids is 2. The second kappa shape index (κ2) is 9.70. The van der Waals surface area contributed by atoms with E-state index in [9.17, 15) is 14.9 Å². The number of hydrogen-bond acceptors (Lipinski definition) is 9. The quantitative estimate of drug-likeness (QED) is 0.538. The highest BCUT2D eigenvalue weighted by molar-refractivity contribution is 7.10. The molecule has 1 amide bonds. The van der Waals surface area contributed by atoms with E-state index >= 15 is 0 Å². The van der Waals surface area contributed by atoms with Gasteiger partial charge in [0.15, 0.2) is 5.76 Å². The van der Waals surface area contributed by atoms with Gasteiger partial charge >= 0.3 is 5.97 Å². The number of hydrogen-bond donors (Lipinski definition) is 1. The molecule has 9 nitrogen and oxygen atoms in total. The highest BCUT2D eigenvalue weighted by Gasteiger charge is 2.31. The van der Waals surface area contributed by atoms with E-state index in [1.807, 2.05) is 22.4 Å². The summed E-state index contributed by atoms with van der Waals surface area (Å²) in [5.41, 5.74) is 0.190. The maximum Gasteiger partial charge on any atom is 0.307 e. The van der Waals surface area contributed by atoms with E-state index in [2.05, 4.69) is 16.4 Å². The summed E-state index contributed by atoms with van der Waals surface area (Å²) in [5.74, 6) is 0.418. The SMILES string of the molecule is COC(=O)CC(NC(=O)C1CCN(c2oc(-c3ccco3)nc2C#N)CC1)c1cccs1. The lowest BCUT2D eigenvalue weighted by Crippen LogP contribution is -2.42. The number of aromatic nitrogens is 1. The minimum atomic E-state index is -0.414. The number of thiophene rings is 1. The Hall–Kier alpha value is -3.58. The number of piperidine rings is 1. The number of nitriles is 1. The molecule has 1 fully saturated rings. The topological polar surface area (TPSA) is 122 Å². The minimum absolute atomic E-state index is 0.0841. The van der Waals surface area contributed by atoms with Gasteiger partial charge in [0.25, 0.3) is 5.89 Å². The Bertz CT molecular complexity index is 1090. The average molecular weight is 455 g/mol. The predicted octanol–water partition coefficient (Wildman–Crippen LogP) is 3.50. The van der Waals surface area contributed by atoms with Crippen molar-refractivity contribution in [3.05, 3.63) is 46.5 Å². The molecule has 0 radical (unpaired) electrons. The van der Waals surface area contributed by atoms with Gasteiger partial charge in [-0.1, -0.05) is 6.07 Å². The lowest BCUT2D eigenvalue weighted by atomic mass is 9.95. The number of furan rings is 1. The third-order valence-electron chi connectivity index (χ3n) is 5.40. The Kier molecular flexibility index (Phi) is 6.56. The van der Waals surface area contributed by atoms with Crippen LogP contribution in [-0.4, -0.2) is 37.1 Å². The molecule has 32 heavy (non-hydrogen) atoms. The number of methoxy groups -OCH3 is 1. The van der Waals surface area contributed by atoms with E-state index in [-0.39, 0.29) is 35.8 Å². The van der Waals surface area contributed by atoms with Crippen LogP contribution in [0.3, 0.4) is 0 Å². The highest BCUT2D eigenvalue weighted by Crippen LogP contribution is 2.32. The van der Waals surface area contributed by atoms with Crippen molar-refractivity contribution in [1.29, 1.82) is 5.26 Å². The molecular formula is C22H22N4O5S. The molecule has 1 aliphatic rings. The van der Waals surface area contributed by atoms with E-state index < -0.39 is 6.04 Å². The molecule has 3 aromatic heterocycles. The number of ether oxygens (including phenoxy) is 1. The number of esters is 1. The molecule has 0 aliphatic carbocycles. The van der Waals surface area contributed by atoms with Crippen molar-refractivity contribution >= 4 is 29.1 Å². The summed E-state index contributed by atoms with van der Waals surface area (Å²) in [6, 6.07) is 8.87. The van der Waals surface area contributed by atoms with Crippen molar-refractivity contribution in [2.24, 2.45) is 5.92 Å². The minimum Gasteiger partial charge on any atom is -0.469 e. The second-order valence-corrected chi connectivity index (χ2v) is 8.36. The summed E-state index contributed by atoms with van der Waals surface area (Å²) in [6.07, 6.45) is 2.77. The standard InChI is InChI=1S/C22H22N4O5S/c1-29-19(27)12-15(18-5-3-11-32-18)24-20(28)14-6-8-26(9-7-14)22-16(13-23)25-21(31-22)17-4-2-10-30-17/h2-5,10-11,14-15H,6-9,12H2,1H3,(H,24,28). The monoisotopic (exact) mass is 454 g/mol. The van der Waals surface area contributed by atoms with Gasteiger partial charge in [0.05, 0.1) is 25.8 Å². The van der Waals surface area contributed by atoms with Crippen molar-refractivity contribution < 1.29 is 23.2 Å². The van der Waals surface area contributed by atoms with Crippen LogP contribution in [0.4, 0.5) is 5.88 Å². The lowest BCUT2D eigenvalue weighted by molar-refractivity contribution is -0.141. The molecule has 0 bridgehead atoms. The molecule has 166 valence electrons.